The highest BCUT2D eigenvalue weighted by molar-refractivity contribution is 7.80. The molecule has 7 nitrogen and oxygen atoms in total. The van der Waals surface area contributed by atoms with E-state index in [9.17, 15) is 9.59 Å². The largest absolute Gasteiger partial charge is 0.445 e. The van der Waals surface area contributed by atoms with Crippen LogP contribution in [0.4, 0.5) is 9.59 Å². The third-order valence-electron chi connectivity index (χ3n) is 4.29. The third kappa shape index (κ3) is 6.09. The van der Waals surface area contributed by atoms with E-state index in [-0.39, 0.29) is 17.7 Å². The van der Waals surface area contributed by atoms with Crippen molar-refractivity contribution in [1.29, 1.82) is 0 Å². The molecule has 8 heteroatoms. The van der Waals surface area contributed by atoms with E-state index >= 15 is 0 Å². The van der Waals surface area contributed by atoms with Crippen LogP contribution in [0.5, 0.6) is 0 Å². The summed E-state index contributed by atoms with van der Waals surface area (Å²) >= 11 is 5.19. The van der Waals surface area contributed by atoms with Crippen molar-refractivity contribution < 1.29 is 19.1 Å². The van der Waals surface area contributed by atoms with Crippen LogP contribution in [-0.2, 0) is 16.1 Å². The van der Waals surface area contributed by atoms with Crippen molar-refractivity contribution in [3.05, 3.63) is 35.9 Å². The summed E-state index contributed by atoms with van der Waals surface area (Å²) in [5.74, 6) is 0. The van der Waals surface area contributed by atoms with Gasteiger partial charge in [-0.05, 0) is 39.2 Å². The number of hydrogen-bond acceptors (Lipinski definition) is 5. The molecular formula is C19H27N3O4S. The molecule has 0 spiro atoms. The predicted octanol–water partition coefficient (Wildman–Crippen LogP) is 2.97. The zero-order valence-electron chi connectivity index (χ0n) is 16.0. The summed E-state index contributed by atoms with van der Waals surface area (Å²) in [6.07, 6.45) is -0.160. The van der Waals surface area contributed by atoms with Gasteiger partial charge in [-0.3, -0.25) is 0 Å². The van der Waals surface area contributed by atoms with Crippen molar-refractivity contribution in [2.24, 2.45) is 5.73 Å². The Balaban J connectivity index is 1.92. The molecule has 0 aliphatic carbocycles. The van der Waals surface area contributed by atoms with Crippen LogP contribution in [0.1, 0.15) is 39.2 Å². The van der Waals surface area contributed by atoms with Crippen molar-refractivity contribution in [2.45, 2.75) is 51.4 Å². The van der Waals surface area contributed by atoms with Crippen LogP contribution in [-0.4, -0.2) is 46.3 Å². The van der Waals surface area contributed by atoms with Crippen molar-refractivity contribution in [3.63, 3.8) is 0 Å². The first kappa shape index (κ1) is 21.0. The van der Waals surface area contributed by atoms with Gasteiger partial charge in [0.15, 0.2) is 0 Å². The summed E-state index contributed by atoms with van der Waals surface area (Å²) in [5, 5.41) is 2.80. The molecule has 1 aromatic rings. The topological polar surface area (TPSA) is 93.9 Å². The number of ether oxygens (including phenoxy) is 2. The number of amides is 2. The van der Waals surface area contributed by atoms with Gasteiger partial charge in [0.25, 0.3) is 0 Å². The van der Waals surface area contributed by atoms with E-state index in [1.807, 2.05) is 51.1 Å². The number of hydrogen-bond donors (Lipinski definition) is 2. The summed E-state index contributed by atoms with van der Waals surface area (Å²) in [4.78, 5) is 26.2. The molecule has 148 valence electrons. The SMILES string of the molecule is CC(C)(C)OC(=O)N1CCC(NC(=O)OCc2ccccc2)(C(N)=S)CC1. The van der Waals surface area contributed by atoms with Crippen LogP contribution in [0.25, 0.3) is 0 Å². The lowest BCUT2D eigenvalue weighted by molar-refractivity contribution is 0.0179. The minimum atomic E-state index is -0.873. The number of rotatable bonds is 4. The van der Waals surface area contributed by atoms with Gasteiger partial charge in [-0.15, -0.1) is 0 Å². The van der Waals surface area contributed by atoms with E-state index < -0.39 is 17.2 Å². The third-order valence-corrected chi connectivity index (χ3v) is 4.69. The van der Waals surface area contributed by atoms with Crippen LogP contribution in [0.15, 0.2) is 30.3 Å². The molecule has 1 heterocycles. The fourth-order valence-electron chi connectivity index (χ4n) is 2.79. The Kier molecular flexibility index (Phi) is 6.64. The molecule has 27 heavy (non-hydrogen) atoms. The van der Waals surface area contributed by atoms with Gasteiger partial charge in [-0.1, -0.05) is 42.5 Å². The molecule has 0 aromatic heterocycles. The number of likely N-dealkylation sites (tertiary alicyclic amines) is 1. The molecule has 1 aromatic carbocycles. The monoisotopic (exact) mass is 393 g/mol. The van der Waals surface area contributed by atoms with Crippen LogP contribution in [0.3, 0.4) is 0 Å². The number of piperidine rings is 1. The minimum Gasteiger partial charge on any atom is -0.445 e. The van der Waals surface area contributed by atoms with Gasteiger partial charge >= 0.3 is 12.2 Å². The zero-order chi connectivity index (χ0) is 20.1. The number of thiocarbonyl (C=S) groups is 1. The summed E-state index contributed by atoms with van der Waals surface area (Å²) < 4.78 is 10.7. The number of carbonyl (C=O) groups excluding carboxylic acids is 2. The number of benzene rings is 1. The summed E-state index contributed by atoms with van der Waals surface area (Å²) in [6, 6.07) is 9.38. The van der Waals surface area contributed by atoms with Crippen molar-refractivity contribution in [1.82, 2.24) is 10.2 Å². The van der Waals surface area contributed by atoms with E-state index in [2.05, 4.69) is 5.32 Å². The smallest absolute Gasteiger partial charge is 0.410 e. The van der Waals surface area contributed by atoms with Gasteiger partial charge in [-0.2, -0.15) is 0 Å². The van der Waals surface area contributed by atoms with E-state index in [1.54, 1.807) is 4.90 Å². The average Bonchev–Trinajstić information content (AvgIpc) is 2.60. The predicted molar refractivity (Wildman–Crippen MR) is 106 cm³/mol. The number of nitrogens with one attached hydrogen (secondary N) is 1. The average molecular weight is 394 g/mol. The minimum absolute atomic E-state index is 0.157. The Morgan fingerprint density at radius 1 is 1.22 bits per heavy atom. The Labute approximate surface area is 165 Å². The maximum atomic E-state index is 12.2. The van der Waals surface area contributed by atoms with Crippen LogP contribution >= 0.6 is 12.2 Å². The fraction of sp³-hybridized carbons (Fsp3) is 0.526. The molecule has 2 rings (SSSR count). The Bertz CT molecular complexity index is 680. The van der Waals surface area contributed by atoms with Gasteiger partial charge in [0, 0.05) is 13.1 Å². The van der Waals surface area contributed by atoms with E-state index in [1.165, 1.54) is 0 Å². The Hall–Kier alpha value is -2.35. The highest BCUT2D eigenvalue weighted by Crippen LogP contribution is 2.24. The van der Waals surface area contributed by atoms with Gasteiger partial charge in [0.1, 0.15) is 12.2 Å². The van der Waals surface area contributed by atoms with E-state index in [0.29, 0.717) is 25.9 Å². The molecule has 0 saturated carbocycles. The normalized spacial score (nSPS) is 16.3. The number of nitrogens with zero attached hydrogens (tertiary/aromatic N) is 1. The standard InChI is InChI=1S/C19H27N3O4S/c1-18(2,3)26-17(24)22-11-9-19(10-12-22,15(20)27)21-16(23)25-13-14-7-5-4-6-8-14/h4-8H,9-13H2,1-3H3,(H2,20,27)(H,21,23). The van der Waals surface area contributed by atoms with Gasteiger partial charge in [-0.25, -0.2) is 9.59 Å². The quantitative estimate of drug-likeness (QED) is 0.764. The molecular weight excluding hydrogens is 366 g/mol. The molecule has 1 aliphatic rings. The summed E-state index contributed by atoms with van der Waals surface area (Å²) in [7, 11) is 0. The van der Waals surface area contributed by atoms with Gasteiger partial charge in [0.05, 0.1) is 10.5 Å². The fourth-order valence-corrected chi connectivity index (χ4v) is 3.04. The number of alkyl carbamates (subject to hydrolysis) is 1. The van der Waals surface area contributed by atoms with Crippen LogP contribution in [0, 0.1) is 0 Å². The Morgan fingerprint density at radius 3 is 2.33 bits per heavy atom. The second-order valence-electron chi connectivity index (χ2n) is 7.60. The van der Waals surface area contributed by atoms with Crippen LogP contribution < -0.4 is 11.1 Å². The first-order valence-electron chi connectivity index (χ1n) is 8.88. The van der Waals surface area contributed by atoms with Crippen molar-refractivity contribution >= 4 is 29.4 Å². The molecule has 3 N–H and O–H groups in total. The summed E-state index contributed by atoms with van der Waals surface area (Å²) in [6.45, 7) is 6.37. The molecule has 2 amide bonds. The van der Waals surface area contributed by atoms with E-state index in [4.69, 9.17) is 27.4 Å². The van der Waals surface area contributed by atoms with Crippen molar-refractivity contribution in [3.8, 4) is 0 Å². The number of carbonyl (C=O) groups is 2. The molecule has 0 unspecified atom stereocenters. The first-order valence-corrected chi connectivity index (χ1v) is 9.29. The van der Waals surface area contributed by atoms with Gasteiger partial charge < -0.3 is 25.4 Å². The second kappa shape index (κ2) is 8.56. The first-order chi connectivity index (χ1) is 12.6. The lowest BCUT2D eigenvalue weighted by Gasteiger charge is -2.41. The molecule has 0 bridgehead atoms. The van der Waals surface area contributed by atoms with E-state index in [0.717, 1.165) is 5.56 Å². The lowest BCUT2D eigenvalue weighted by atomic mass is 9.87. The molecule has 1 aliphatic heterocycles. The molecule has 0 atom stereocenters. The highest BCUT2D eigenvalue weighted by atomic mass is 32.1. The highest BCUT2D eigenvalue weighted by Gasteiger charge is 2.41. The maximum Gasteiger partial charge on any atom is 0.410 e. The lowest BCUT2D eigenvalue weighted by Crippen LogP contribution is -2.62. The van der Waals surface area contributed by atoms with Crippen molar-refractivity contribution in [2.75, 3.05) is 13.1 Å². The molecule has 0 radical (unpaired) electrons. The summed E-state index contributed by atoms with van der Waals surface area (Å²) in [5.41, 5.74) is 5.36. The maximum absolute atomic E-state index is 12.2. The van der Waals surface area contributed by atoms with Gasteiger partial charge in [0.2, 0.25) is 0 Å². The Morgan fingerprint density at radius 2 is 1.81 bits per heavy atom. The number of nitrogens with two attached hydrogens (primary N) is 1. The molecule has 1 saturated heterocycles. The second-order valence-corrected chi connectivity index (χ2v) is 8.04. The van der Waals surface area contributed by atoms with Crippen LogP contribution in [0.2, 0.25) is 0 Å². The molecule has 1 fully saturated rings. The zero-order valence-corrected chi connectivity index (χ0v) is 16.8.